The zero-order valence-corrected chi connectivity index (χ0v) is 25.1. The van der Waals surface area contributed by atoms with Crippen LogP contribution in [0, 0.1) is 11.3 Å². The van der Waals surface area contributed by atoms with Gasteiger partial charge < -0.3 is 15.3 Å². The monoisotopic (exact) mass is 599 g/mol. The first-order valence-corrected chi connectivity index (χ1v) is 14.9. The van der Waals surface area contributed by atoms with Crippen LogP contribution in [0.3, 0.4) is 0 Å². The fourth-order valence-corrected chi connectivity index (χ4v) is 6.33. The van der Waals surface area contributed by atoms with Gasteiger partial charge in [-0.15, -0.1) is 0 Å². The third-order valence-electron chi connectivity index (χ3n) is 8.72. The summed E-state index contributed by atoms with van der Waals surface area (Å²) in [5.41, 5.74) is -0.263. The second kappa shape index (κ2) is 12.5. The predicted octanol–water partition coefficient (Wildman–Crippen LogP) is 7.02. The van der Waals surface area contributed by atoms with Crippen molar-refractivity contribution in [2.75, 3.05) is 6.54 Å². The highest BCUT2D eigenvalue weighted by molar-refractivity contribution is 6.46. The van der Waals surface area contributed by atoms with Crippen LogP contribution in [0.15, 0.2) is 53.5 Å². The van der Waals surface area contributed by atoms with Gasteiger partial charge in [0.2, 0.25) is 0 Å². The second-order valence-electron chi connectivity index (χ2n) is 12.7. The zero-order valence-electron chi connectivity index (χ0n) is 25.1. The van der Waals surface area contributed by atoms with E-state index in [9.17, 15) is 27.6 Å². The molecule has 2 aliphatic rings. The lowest BCUT2D eigenvalue weighted by Gasteiger charge is -2.47. The summed E-state index contributed by atoms with van der Waals surface area (Å²) in [5, 5.41) is 11.4. The van der Waals surface area contributed by atoms with Gasteiger partial charge in [-0.05, 0) is 73.3 Å². The van der Waals surface area contributed by atoms with Crippen molar-refractivity contribution in [1.29, 1.82) is 0 Å². The summed E-state index contributed by atoms with van der Waals surface area (Å²) in [4.78, 5) is 44.3. The number of benzene rings is 2. The van der Waals surface area contributed by atoms with Crippen LogP contribution in [0.5, 0.6) is 0 Å². The Morgan fingerprint density at radius 3 is 2.30 bits per heavy atom. The summed E-state index contributed by atoms with van der Waals surface area (Å²) in [6, 6.07) is 11.3. The van der Waals surface area contributed by atoms with Crippen molar-refractivity contribution in [3.8, 4) is 0 Å². The Bertz CT molecular complexity index is 1370. The number of carbonyl (C=O) groups excluding carboxylic acids is 2. The number of aliphatic carboxylic acids is 1. The van der Waals surface area contributed by atoms with Gasteiger partial charge in [-0.1, -0.05) is 58.4 Å². The Labute approximate surface area is 250 Å². The number of hydrogen-bond acceptors (Lipinski definition) is 4. The van der Waals surface area contributed by atoms with Crippen molar-refractivity contribution in [3.63, 3.8) is 0 Å². The lowest BCUT2D eigenvalue weighted by Crippen LogP contribution is -2.51. The van der Waals surface area contributed by atoms with Crippen LogP contribution in [0.25, 0.3) is 0 Å². The van der Waals surface area contributed by atoms with E-state index < -0.39 is 35.3 Å². The van der Waals surface area contributed by atoms with Crippen molar-refractivity contribution in [2.45, 2.75) is 90.5 Å². The Morgan fingerprint density at radius 1 is 1.09 bits per heavy atom. The molecule has 2 aromatic carbocycles. The van der Waals surface area contributed by atoms with Gasteiger partial charge in [-0.3, -0.25) is 19.4 Å². The second-order valence-corrected chi connectivity index (χ2v) is 12.7. The molecule has 232 valence electrons. The molecule has 10 heteroatoms. The molecule has 1 spiro atoms. The van der Waals surface area contributed by atoms with Crippen LogP contribution in [-0.2, 0) is 15.8 Å². The summed E-state index contributed by atoms with van der Waals surface area (Å²) in [6.45, 7) is 8.61. The minimum Gasteiger partial charge on any atom is -0.481 e. The Morgan fingerprint density at radius 2 is 1.74 bits per heavy atom. The third-order valence-corrected chi connectivity index (χ3v) is 8.72. The number of nitrogens with zero attached hydrogens (tertiary/aromatic N) is 2. The van der Waals surface area contributed by atoms with Gasteiger partial charge in [0.1, 0.15) is 11.4 Å². The van der Waals surface area contributed by atoms with Gasteiger partial charge in [0.05, 0.1) is 18.0 Å². The summed E-state index contributed by atoms with van der Waals surface area (Å²) < 4.78 is 40.8. The number of carbonyl (C=O) groups is 3. The molecule has 2 amide bonds. The molecule has 0 unspecified atom stereocenters. The van der Waals surface area contributed by atoms with E-state index in [2.05, 4.69) is 26.1 Å². The summed E-state index contributed by atoms with van der Waals surface area (Å²) in [6.07, 6.45) is -0.515. The van der Waals surface area contributed by atoms with Crippen molar-refractivity contribution in [1.82, 2.24) is 10.2 Å². The van der Waals surface area contributed by atoms with Gasteiger partial charge in [0.15, 0.2) is 0 Å². The zero-order chi connectivity index (χ0) is 31.6. The minimum absolute atomic E-state index is 0.00436. The third kappa shape index (κ3) is 7.11. The number of amides is 2. The largest absolute Gasteiger partial charge is 0.481 e. The average Bonchev–Trinajstić information content (AvgIpc) is 3.21. The SMILES string of the molecule is CCC[C@H](c1ccc(C(=O)NCCC(=O)O)cc1)N1C(=O)C(c2cccc(C(F)(F)F)c2)=NC12CCC(C(C)(C)C)CC2. The van der Waals surface area contributed by atoms with E-state index in [-0.39, 0.29) is 35.6 Å². The summed E-state index contributed by atoms with van der Waals surface area (Å²) >= 11 is 0. The molecule has 2 aromatic rings. The molecule has 1 fully saturated rings. The van der Waals surface area contributed by atoms with E-state index in [1.165, 1.54) is 12.1 Å². The van der Waals surface area contributed by atoms with Crippen LogP contribution < -0.4 is 5.32 Å². The number of alkyl halides is 3. The van der Waals surface area contributed by atoms with E-state index >= 15 is 0 Å². The van der Waals surface area contributed by atoms with Crippen LogP contribution in [-0.4, -0.2) is 45.7 Å². The summed E-state index contributed by atoms with van der Waals surface area (Å²) in [5.74, 6) is -1.37. The highest BCUT2D eigenvalue weighted by atomic mass is 19.4. The lowest BCUT2D eigenvalue weighted by molar-refractivity contribution is -0.138. The molecule has 2 N–H and O–H groups in total. The molecular weight excluding hydrogens is 559 g/mol. The number of rotatable bonds is 9. The fraction of sp³-hybridized carbons (Fsp3) is 0.515. The van der Waals surface area contributed by atoms with Gasteiger partial charge in [0.25, 0.3) is 11.8 Å². The van der Waals surface area contributed by atoms with E-state index in [1.807, 2.05) is 6.92 Å². The number of carboxylic acids is 1. The normalized spacial score (nSPS) is 21.6. The first kappa shape index (κ1) is 32.2. The van der Waals surface area contributed by atoms with Gasteiger partial charge in [-0.25, -0.2) is 0 Å². The van der Waals surface area contributed by atoms with E-state index in [0.717, 1.165) is 37.0 Å². The molecule has 4 rings (SSSR count). The maximum Gasteiger partial charge on any atom is 0.416 e. The van der Waals surface area contributed by atoms with Crippen LogP contribution >= 0.6 is 0 Å². The predicted molar refractivity (Wildman–Crippen MR) is 158 cm³/mol. The highest BCUT2D eigenvalue weighted by Crippen LogP contribution is 2.50. The first-order chi connectivity index (χ1) is 20.2. The number of hydrogen-bond donors (Lipinski definition) is 2. The fourth-order valence-electron chi connectivity index (χ4n) is 6.33. The molecule has 1 aliphatic carbocycles. The number of nitrogens with one attached hydrogen (secondary N) is 1. The standard InChI is InChI=1S/C33H40F3N3O4/c1-5-7-26(21-10-12-22(13-11-21)29(42)37-19-16-27(40)41)39-30(43)28(23-8-6-9-25(20-23)33(34,35)36)38-32(39)17-14-24(15-18-32)31(2,3)4/h6,8-13,20,24,26H,5,7,14-19H2,1-4H3,(H,37,42)(H,40,41)/t24?,26-,32?/m1/s1. The van der Waals surface area contributed by atoms with E-state index in [0.29, 0.717) is 30.7 Å². The topological polar surface area (TPSA) is 99.1 Å². The van der Waals surface area contributed by atoms with Crippen molar-refractivity contribution in [3.05, 3.63) is 70.8 Å². The number of carboxylic acid groups (broad SMARTS) is 1. The van der Waals surface area contributed by atoms with E-state index in [4.69, 9.17) is 10.1 Å². The molecule has 0 saturated heterocycles. The molecule has 1 heterocycles. The quantitative estimate of drug-likeness (QED) is 0.324. The Balaban J connectivity index is 1.71. The van der Waals surface area contributed by atoms with Crippen molar-refractivity contribution >= 4 is 23.5 Å². The van der Waals surface area contributed by atoms with Crippen LogP contribution in [0.4, 0.5) is 13.2 Å². The van der Waals surface area contributed by atoms with Crippen molar-refractivity contribution in [2.24, 2.45) is 16.3 Å². The molecule has 43 heavy (non-hydrogen) atoms. The molecule has 7 nitrogen and oxygen atoms in total. The maximum absolute atomic E-state index is 14.3. The lowest BCUT2D eigenvalue weighted by atomic mass is 9.69. The van der Waals surface area contributed by atoms with Crippen LogP contribution in [0.2, 0.25) is 0 Å². The molecule has 1 saturated carbocycles. The van der Waals surface area contributed by atoms with Gasteiger partial charge in [-0.2, -0.15) is 13.2 Å². The molecule has 0 radical (unpaired) electrons. The van der Waals surface area contributed by atoms with Crippen molar-refractivity contribution < 1.29 is 32.7 Å². The number of aliphatic imine (C=N–C) groups is 1. The first-order valence-electron chi connectivity index (χ1n) is 14.9. The molecule has 0 bridgehead atoms. The van der Waals surface area contributed by atoms with Gasteiger partial charge in [0, 0.05) is 17.7 Å². The number of halogens is 3. The molecule has 1 aliphatic heterocycles. The maximum atomic E-state index is 14.3. The molecule has 0 aromatic heterocycles. The Kier molecular flexibility index (Phi) is 9.37. The minimum atomic E-state index is -4.55. The highest BCUT2D eigenvalue weighted by Gasteiger charge is 2.52. The Hall–Kier alpha value is -3.69. The summed E-state index contributed by atoms with van der Waals surface area (Å²) in [7, 11) is 0. The van der Waals surface area contributed by atoms with Gasteiger partial charge >= 0.3 is 12.1 Å². The smallest absolute Gasteiger partial charge is 0.416 e. The van der Waals surface area contributed by atoms with Crippen LogP contribution in [0.1, 0.15) is 106 Å². The average molecular weight is 600 g/mol. The molecule has 1 atom stereocenters. The van der Waals surface area contributed by atoms with E-state index in [1.54, 1.807) is 29.2 Å². The molecular formula is C33H40F3N3O4.